The Kier molecular flexibility index (Phi) is 5.23. The number of pyridine rings is 1. The zero-order valence-corrected chi connectivity index (χ0v) is 15.0. The highest BCUT2D eigenvalue weighted by Gasteiger charge is 2.22. The number of piperidine rings is 1. The molecule has 1 aliphatic rings. The summed E-state index contributed by atoms with van der Waals surface area (Å²) in [6.07, 6.45) is 5.20. The van der Waals surface area contributed by atoms with Crippen LogP contribution in [0.4, 0.5) is 0 Å². The van der Waals surface area contributed by atoms with Crippen LogP contribution in [0.5, 0.6) is 0 Å². The summed E-state index contributed by atoms with van der Waals surface area (Å²) in [7, 11) is 0. The van der Waals surface area contributed by atoms with Crippen LogP contribution < -0.4 is 5.56 Å². The van der Waals surface area contributed by atoms with Crippen LogP contribution in [-0.2, 0) is 10.5 Å². The maximum Gasteiger partial charge on any atom is 0.258 e. The standard InChI is InChI=1S/C18H23N3O2S/c1-13-6-7-16-19-15(9-17(22)21(16)10-13)11-24-12-18(23)20-8-4-3-5-14(20)2/h6-7,9-10,14H,3-5,8,11-12H2,1-2H3/t14-/m1/s1. The number of likely N-dealkylation sites (tertiary alicyclic amines) is 1. The van der Waals surface area contributed by atoms with Crippen molar-refractivity contribution >= 4 is 23.3 Å². The van der Waals surface area contributed by atoms with Crippen molar-refractivity contribution in [2.75, 3.05) is 12.3 Å². The third-order valence-electron chi connectivity index (χ3n) is 4.46. The Morgan fingerprint density at radius 1 is 1.38 bits per heavy atom. The molecular formula is C18H23N3O2S. The molecule has 1 fully saturated rings. The van der Waals surface area contributed by atoms with E-state index in [4.69, 9.17) is 0 Å². The van der Waals surface area contributed by atoms with Gasteiger partial charge >= 0.3 is 0 Å². The van der Waals surface area contributed by atoms with E-state index in [1.807, 2.05) is 24.0 Å². The van der Waals surface area contributed by atoms with E-state index in [-0.39, 0.29) is 11.5 Å². The molecular weight excluding hydrogens is 322 g/mol. The molecule has 1 aliphatic heterocycles. The second-order valence-corrected chi connectivity index (χ2v) is 7.43. The smallest absolute Gasteiger partial charge is 0.258 e. The van der Waals surface area contributed by atoms with Gasteiger partial charge in [0.15, 0.2) is 0 Å². The van der Waals surface area contributed by atoms with E-state index in [9.17, 15) is 9.59 Å². The molecule has 0 radical (unpaired) electrons. The number of thioether (sulfide) groups is 1. The molecule has 0 unspecified atom stereocenters. The Morgan fingerprint density at radius 2 is 2.21 bits per heavy atom. The molecule has 0 aliphatic carbocycles. The lowest BCUT2D eigenvalue weighted by molar-refractivity contribution is -0.131. The Hall–Kier alpha value is -1.82. The third kappa shape index (κ3) is 3.80. The monoisotopic (exact) mass is 345 g/mol. The Labute approximate surface area is 146 Å². The van der Waals surface area contributed by atoms with Crippen molar-refractivity contribution in [2.24, 2.45) is 0 Å². The van der Waals surface area contributed by atoms with Crippen LogP contribution in [0.25, 0.3) is 5.65 Å². The van der Waals surface area contributed by atoms with Gasteiger partial charge in [0, 0.05) is 30.6 Å². The van der Waals surface area contributed by atoms with Gasteiger partial charge in [0.05, 0.1) is 11.4 Å². The summed E-state index contributed by atoms with van der Waals surface area (Å²) in [6, 6.07) is 5.71. The van der Waals surface area contributed by atoms with Gasteiger partial charge in [-0.1, -0.05) is 6.07 Å². The molecule has 1 atom stereocenters. The highest BCUT2D eigenvalue weighted by molar-refractivity contribution is 7.99. The maximum absolute atomic E-state index is 12.3. The molecule has 0 N–H and O–H groups in total. The molecule has 24 heavy (non-hydrogen) atoms. The third-order valence-corrected chi connectivity index (χ3v) is 5.41. The number of carbonyl (C=O) groups excluding carboxylic acids is 1. The fraction of sp³-hybridized carbons (Fsp3) is 0.500. The number of hydrogen-bond acceptors (Lipinski definition) is 4. The number of amides is 1. The van der Waals surface area contributed by atoms with Crippen molar-refractivity contribution in [3.05, 3.63) is 46.0 Å². The summed E-state index contributed by atoms with van der Waals surface area (Å²) in [5.74, 6) is 1.22. The van der Waals surface area contributed by atoms with E-state index in [1.54, 1.807) is 16.7 Å². The number of aryl methyl sites for hydroxylation is 1. The normalized spacial score (nSPS) is 18.1. The predicted molar refractivity (Wildman–Crippen MR) is 97.4 cm³/mol. The lowest BCUT2D eigenvalue weighted by atomic mass is 10.0. The van der Waals surface area contributed by atoms with E-state index in [1.165, 1.54) is 18.2 Å². The quantitative estimate of drug-likeness (QED) is 0.855. The van der Waals surface area contributed by atoms with Crippen LogP contribution in [0, 0.1) is 6.92 Å². The van der Waals surface area contributed by atoms with Gasteiger partial charge in [0.1, 0.15) is 5.65 Å². The summed E-state index contributed by atoms with van der Waals surface area (Å²) >= 11 is 1.53. The van der Waals surface area contributed by atoms with Crippen LogP contribution in [-0.4, -0.2) is 38.5 Å². The van der Waals surface area contributed by atoms with Gasteiger partial charge in [-0.3, -0.25) is 14.0 Å². The van der Waals surface area contributed by atoms with Crippen molar-refractivity contribution < 1.29 is 4.79 Å². The number of aromatic nitrogens is 2. The molecule has 6 heteroatoms. The molecule has 3 rings (SSSR count). The predicted octanol–water partition coefficient (Wildman–Crippen LogP) is 2.64. The number of hydrogen-bond donors (Lipinski definition) is 0. The van der Waals surface area contributed by atoms with Crippen molar-refractivity contribution in [3.63, 3.8) is 0 Å². The molecule has 3 heterocycles. The highest BCUT2D eigenvalue weighted by Crippen LogP contribution is 2.19. The number of rotatable bonds is 4. The number of nitrogens with zero attached hydrogens (tertiary/aromatic N) is 3. The van der Waals surface area contributed by atoms with E-state index >= 15 is 0 Å². The SMILES string of the molecule is Cc1ccc2nc(CSCC(=O)N3CCCC[C@H]3C)cc(=O)n2c1. The lowest BCUT2D eigenvalue weighted by Crippen LogP contribution is -2.42. The Morgan fingerprint density at radius 3 is 3.00 bits per heavy atom. The second kappa shape index (κ2) is 7.38. The van der Waals surface area contributed by atoms with Crippen LogP contribution >= 0.6 is 11.8 Å². The van der Waals surface area contributed by atoms with Crippen LogP contribution in [0.1, 0.15) is 37.4 Å². The molecule has 2 aromatic rings. The molecule has 5 nitrogen and oxygen atoms in total. The Bertz CT molecular complexity index is 802. The molecule has 0 saturated carbocycles. The lowest BCUT2D eigenvalue weighted by Gasteiger charge is -2.33. The zero-order chi connectivity index (χ0) is 17.1. The fourth-order valence-corrected chi connectivity index (χ4v) is 3.93. The molecule has 128 valence electrons. The number of fused-ring (bicyclic) bond motifs is 1. The van der Waals surface area contributed by atoms with Crippen molar-refractivity contribution in [1.29, 1.82) is 0 Å². The van der Waals surface area contributed by atoms with Crippen LogP contribution in [0.15, 0.2) is 29.2 Å². The van der Waals surface area contributed by atoms with E-state index in [0.29, 0.717) is 23.2 Å². The average Bonchev–Trinajstić information content (AvgIpc) is 2.56. The van der Waals surface area contributed by atoms with Gasteiger partial charge in [-0.25, -0.2) is 4.98 Å². The summed E-state index contributed by atoms with van der Waals surface area (Å²) in [5.41, 5.74) is 2.33. The van der Waals surface area contributed by atoms with Crippen molar-refractivity contribution in [3.8, 4) is 0 Å². The highest BCUT2D eigenvalue weighted by atomic mass is 32.2. The average molecular weight is 345 g/mol. The first-order valence-corrected chi connectivity index (χ1v) is 9.56. The molecule has 0 aromatic carbocycles. The Balaban J connectivity index is 1.62. The molecule has 1 saturated heterocycles. The maximum atomic E-state index is 12.3. The topological polar surface area (TPSA) is 54.7 Å². The largest absolute Gasteiger partial charge is 0.339 e. The first-order valence-electron chi connectivity index (χ1n) is 8.41. The summed E-state index contributed by atoms with van der Waals surface area (Å²) in [6.45, 7) is 4.94. The van der Waals surface area contributed by atoms with Crippen LogP contribution in [0.2, 0.25) is 0 Å². The van der Waals surface area contributed by atoms with Crippen molar-refractivity contribution in [1.82, 2.24) is 14.3 Å². The fourth-order valence-electron chi connectivity index (χ4n) is 3.13. The van der Waals surface area contributed by atoms with Gasteiger partial charge in [0.2, 0.25) is 5.91 Å². The first kappa shape index (κ1) is 17.0. The van der Waals surface area contributed by atoms with Gasteiger partial charge in [-0.2, -0.15) is 0 Å². The first-order chi connectivity index (χ1) is 11.5. The minimum absolute atomic E-state index is 0.0738. The summed E-state index contributed by atoms with van der Waals surface area (Å²) in [4.78, 5) is 31.0. The minimum atomic E-state index is -0.0738. The van der Waals surface area contributed by atoms with Gasteiger partial charge in [-0.15, -0.1) is 11.8 Å². The molecule has 2 aromatic heterocycles. The van der Waals surface area contributed by atoms with Gasteiger partial charge in [-0.05, 0) is 44.7 Å². The molecule has 0 spiro atoms. The van der Waals surface area contributed by atoms with E-state index in [0.717, 1.165) is 30.6 Å². The van der Waals surface area contributed by atoms with Crippen LogP contribution in [0.3, 0.4) is 0 Å². The van der Waals surface area contributed by atoms with Gasteiger partial charge < -0.3 is 4.90 Å². The zero-order valence-electron chi connectivity index (χ0n) is 14.2. The van der Waals surface area contributed by atoms with Crippen molar-refractivity contribution in [2.45, 2.75) is 44.9 Å². The summed E-state index contributed by atoms with van der Waals surface area (Å²) < 4.78 is 1.56. The van der Waals surface area contributed by atoms with E-state index in [2.05, 4.69) is 11.9 Å². The molecule has 1 amide bonds. The minimum Gasteiger partial charge on any atom is -0.339 e. The summed E-state index contributed by atoms with van der Waals surface area (Å²) in [5, 5.41) is 0. The molecule has 0 bridgehead atoms. The second-order valence-electron chi connectivity index (χ2n) is 6.45. The van der Waals surface area contributed by atoms with E-state index < -0.39 is 0 Å². The number of carbonyl (C=O) groups is 1. The van der Waals surface area contributed by atoms with Gasteiger partial charge in [0.25, 0.3) is 5.56 Å².